The van der Waals surface area contributed by atoms with Crippen LogP contribution in [0.4, 0.5) is 9.52 Å². The van der Waals surface area contributed by atoms with Crippen LogP contribution < -0.4 is 5.32 Å². The second kappa shape index (κ2) is 7.76. The summed E-state index contributed by atoms with van der Waals surface area (Å²) >= 11 is 2.82. The number of amides is 1. The van der Waals surface area contributed by atoms with Gasteiger partial charge < -0.3 is 0 Å². The Morgan fingerprint density at radius 3 is 2.60 bits per heavy atom. The molecule has 0 aliphatic heterocycles. The summed E-state index contributed by atoms with van der Waals surface area (Å²) in [5.74, 6) is 0.218. The predicted octanol–water partition coefficient (Wildman–Crippen LogP) is 4.84. The molecule has 0 saturated carbocycles. The van der Waals surface area contributed by atoms with Crippen LogP contribution in [0.15, 0.2) is 46.8 Å². The third kappa shape index (κ3) is 4.64. The first-order chi connectivity index (χ1) is 12.0. The van der Waals surface area contributed by atoms with Gasteiger partial charge in [-0.2, -0.15) is 0 Å². The zero-order valence-corrected chi connectivity index (χ0v) is 15.4. The van der Waals surface area contributed by atoms with Crippen molar-refractivity contribution in [1.29, 1.82) is 0 Å². The maximum atomic E-state index is 12.9. The second-order valence-electron chi connectivity index (χ2n) is 5.54. The molecule has 0 fully saturated rings. The number of aryl methyl sites for hydroxylation is 2. The van der Waals surface area contributed by atoms with Gasteiger partial charge in [-0.05, 0) is 54.8 Å². The van der Waals surface area contributed by atoms with E-state index in [1.54, 1.807) is 18.2 Å². The van der Waals surface area contributed by atoms with E-state index in [0.717, 1.165) is 21.0 Å². The van der Waals surface area contributed by atoms with Crippen molar-refractivity contribution in [2.75, 3.05) is 5.32 Å². The van der Waals surface area contributed by atoms with Crippen molar-refractivity contribution in [3.8, 4) is 0 Å². The molecule has 0 aliphatic carbocycles. The van der Waals surface area contributed by atoms with Crippen molar-refractivity contribution in [2.24, 2.45) is 0 Å². The Morgan fingerprint density at radius 2 is 1.88 bits per heavy atom. The van der Waals surface area contributed by atoms with Gasteiger partial charge in [0.05, 0.1) is 0 Å². The maximum Gasteiger partial charge on any atom is 0.257 e. The number of rotatable bonds is 5. The normalized spacial score (nSPS) is 10.7. The summed E-state index contributed by atoms with van der Waals surface area (Å²) in [7, 11) is 0. The van der Waals surface area contributed by atoms with Crippen LogP contribution >= 0.6 is 23.1 Å². The molecule has 0 bridgehead atoms. The summed E-state index contributed by atoms with van der Waals surface area (Å²) in [6.45, 7) is 3.98. The Hall–Kier alpha value is -2.25. The topological polar surface area (TPSA) is 54.9 Å². The van der Waals surface area contributed by atoms with E-state index in [2.05, 4.69) is 15.5 Å². The Kier molecular flexibility index (Phi) is 5.45. The molecule has 128 valence electrons. The highest BCUT2D eigenvalue weighted by atomic mass is 32.2. The van der Waals surface area contributed by atoms with Gasteiger partial charge in [-0.25, -0.2) is 4.39 Å². The fraction of sp³-hybridized carbons (Fsp3) is 0.167. The molecule has 1 aromatic heterocycles. The van der Waals surface area contributed by atoms with Gasteiger partial charge in [0.15, 0.2) is 4.34 Å². The minimum absolute atomic E-state index is 0.200. The number of halogens is 1. The number of benzene rings is 2. The van der Waals surface area contributed by atoms with Crippen LogP contribution in [0.2, 0.25) is 0 Å². The van der Waals surface area contributed by atoms with Crippen LogP contribution in [0.3, 0.4) is 0 Å². The fourth-order valence-electron chi connectivity index (χ4n) is 2.10. The lowest BCUT2D eigenvalue weighted by Crippen LogP contribution is -2.12. The Morgan fingerprint density at radius 1 is 1.12 bits per heavy atom. The summed E-state index contributed by atoms with van der Waals surface area (Å²) < 4.78 is 13.6. The highest BCUT2D eigenvalue weighted by Gasteiger charge is 2.11. The number of hydrogen-bond donors (Lipinski definition) is 1. The molecule has 0 saturated heterocycles. The molecule has 7 heteroatoms. The average molecular weight is 373 g/mol. The van der Waals surface area contributed by atoms with E-state index in [-0.39, 0.29) is 11.7 Å². The van der Waals surface area contributed by atoms with Gasteiger partial charge in [-0.15, -0.1) is 10.2 Å². The maximum absolute atomic E-state index is 12.9. The second-order valence-corrected chi connectivity index (χ2v) is 7.74. The molecule has 0 radical (unpaired) electrons. The summed E-state index contributed by atoms with van der Waals surface area (Å²) in [4.78, 5) is 12.3. The van der Waals surface area contributed by atoms with E-state index < -0.39 is 0 Å². The molecule has 3 aromatic rings. The molecule has 1 heterocycles. The zero-order valence-electron chi connectivity index (χ0n) is 13.7. The van der Waals surface area contributed by atoms with Crippen LogP contribution in [-0.4, -0.2) is 16.1 Å². The van der Waals surface area contributed by atoms with Crippen LogP contribution in [-0.2, 0) is 5.75 Å². The zero-order chi connectivity index (χ0) is 17.8. The largest absolute Gasteiger partial charge is 0.296 e. The van der Waals surface area contributed by atoms with Crippen LogP contribution in [0.1, 0.15) is 27.0 Å². The Labute approximate surface area is 153 Å². The monoisotopic (exact) mass is 373 g/mol. The van der Waals surface area contributed by atoms with E-state index in [0.29, 0.717) is 16.4 Å². The van der Waals surface area contributed by atoms with Gasteiger partial charge in [0, 0.05) is 11.3 Å². The molecule has 25 heavy (non-hydrogen) atoms. The molecule has 0 spiro atoms. The van der Waals surface area contributed by atoms with Crippen molar-refractivity contribution in [3.63, 3.8) is 0 Å². The number of nitrogens with one attached hydrogen (secondary N) is 1. The van der Waals surface area contributed by atoms with Crippen molar-refractivity contribution in [1.82, 2.24) is 10.2 Å². The summed E-state index contributed by atoms with van der Waals surface area (Å²) in [6, 6.07) is 11.9. The lowest BCUT2D eigenvalue weighted by molar-refractivity contribution is 0.102. The number of nitrogens with zero attached hydrogens (tertiary/aromatic N) is 2. The lowest BCUT2D eigenvalue weighted by Gasteiger charge is -2.04. The minimum atomic E-state index is -0.249. The predicted molar refractivity (Wildman–Crippen MR) is 99.7 cm³/mol. The molecule has 1 amide bonds. The van der Waals surface area contributed by atoms with Crippen LogP contribution in [0.25, 0.3) is 0 Å². The first-order valence-electron chi connectivity index (χ1n) is 7.60. The lowest BCUT2D eigenvalue weighted by atomic mass is 10.1. The minimum Gasteiger partial charge on any atom is -0.296 e. The highest BCUT2D eigenvalue weighted by Crippen LogP contribution is 2.28. The number of carbonyl (C=O) groups excluding carboxylic acids is 1. The number of thioether (sulfide) groups is 1. The molecule has 1 N–H and O–H groups in total. The Bertz CT molecular complexity index is 894. The highest BCUT2D eigenvalue weighted by molar-refractivity contribution is 8.00. The molecular weight excluding hydrogens is 357 g/mol. The molecule has 0 unspecified atom stereocenters. The van der Waals surface area contributed by atoms with E-state index in [9.17, 15) is 9.18 Å². The smallest absolute Gasteiger partial charge is 0.257 e. The number of hydrogen-bond acceptors (Lipinski definition) is 5. The van der Waals surface area contributed by atoms with Gasteiger partial charge in [0.25, 0.3) is 5.91 Å². The SMILES string of the molecule is Cc1ccc(C(=O)Nc2nnc(SCc3ccc(F)cc3)s2)cc1C. The van der Waals surface area contributed by atoms with Gasteiger partial charge in [-0.1, -0.05) is 41.3 Å². The van der Waals surface area contributed by atoms with E-state index in [1.807, 2.05) is 26.0 Å². The van der Waals surface area contributed by atoms with Gasteiger partial charge in [-0.3, -0.25) is 10.1 Å². The first-order valence-corrected chi connectivity index (χ1v) is 9.41. The molecule has 0 aliphatic rings. The standard InChI is InChI=1S/C18H16FN3OS2/c1-11-3-6-14(9-12(11)2)16(23)20-17-21-22-18(25-17)24-10-13-4-7-15(19)8-5-13/h3-9H,10H2,1-2H3,(H,20,21,23). The van der Waals surface area contributed by atoms with Crippen LogP contribution in [0.5, 0.6) is 0 Å². The van der Waals surface area contributed by atoms with Gasteiger partial charge in [0.2, 0.25) is 5.13 Å². The molecular formula is C18H16FN3OS2. The summed E-state index contributed by atoms with van der Waals surface area (Å²) in [5.41, 5.74) is 3.81. The fourth-order valence-corrected chi connectivity index (χ4v) is 3.80. The number of carbonyl (C=O) groups is 1. The third-order valence-electron chi connectivity index (χ3n) is 3.67. The number of anilines is 1. The molecule has 0 atom stereocenters. The quantitative estimate of drug-likeness (QED) is 0.514. The van der Waals surface area contributed by atoms with Crippen LogP contribution in [0, 0.1) is 19.7 Å². The van der Waals surface area contributed by atoms with Gasteiger partial charge >= 0.3 is 0 Å². The number of aromatic nitrogens is 2. The van der Waals surface area contributed by atoms with Crippen molar-refractivity contribution in [2.45, 2.75) is 23.9 Å². The summed E-state index contributed by atoms with van der Waals surface area (Å²) in [5, 5.41) is 11.3. The first kappa shape index (κ1) is 17.6. The van der Waals surface area contributed by atoms with E-state index in [4.69, 9.17) is 0 Å². The van der Waals surface area contributed by atoms with E-state index in [1.165, 1.54) is 35.2 Å². The third-order valence-corrected chi connectivity index (χ3v) is 5.71. The molecule has 2 aromatic carbocycles. The average Bonchev–Trinajstić information content (AvgIpc) is 3.04. The van der Waals surface area contributed by atoms with Crippen molar-refractivity contribution >= 4 is 34.1 Å². The Balaban J connectivity index is 1.60. The van der Waals surface area contributed by atoms with Gasteiger partial charge in [0.1, 0.15) is 5.82 Å². The van der Waals surface area contributed by atoms with Crippen molar-refractivity contribution < 1.29 is 9.18 Å². The molecule has 3 rings (SSSR count). The molecule has 4 nitrogen and oxygen atoms in total. The van der Waals surface area contributed by atoms with E-state index >= 15 is 0 Å². The van der Waals surface area contributed by atoms with Crippen molar-refractivity contribution in [3.05, 3.63) is 70.5 Å². The summed E-state index contributed by atoms with van der Waals surface area (Å²) in [6.07, 6.45) is 0.